The molecule has 0 saturated heterocycles. The predicted octanol–water partition coefficient (Wildman–Crippen LogP) is 7.71. The van der Waals surface area contributed by atoms with Crippen LogP contribution in [0, 0.1) is 58.2 Å². The van der Waals surface area contributed by atoms with E-state index in [-0.39, 0.29) is 6.10 Å². The molecule has 1 heteroatoms. The van der Waals surface area contributed by atoms with Gasteiger partial charge in [0.2, 0.25) is 0 Å². The maximum Gasteiger partial charge on any atom is 0.0568 e. The van der Waals surface area contributed by atoms with Crippen LogP contribution >= 0.6 is 0 Å². The fourth-order valence-electron chi connectivity index (χ4n) is 9.73. The highest BCUT2D eigenvalue weighted by atomic mass is 16.3. The van der Waals surface area contributed by atoms with Gasteiger partial charge in [-0.25, -0.2) is 0 Å². The molecule has 4 rings (SSSR count). The second-order valence-corrected chi connectivity index (χ2v) is 13.1. The van der Waals surface area contributed by atoms with Crippen molar-refractivity contribution >= 4 is 0 Å². The monoisotopic (exact) mass is 402 g/mol. The Balaban J connectivity index is 1.48. The minimum atomic E-state index is -0.0407. The summed E-state index contributed by atoms with van der Waals surface area (Å²) < 4.78 is 0. The van der Waals surface area contributed by atoms with E-state index in [0.717, 1.165) is 47.8 Å². The average molecular weight is 403 g/mol. The lowest BCUT2D eigenvalue weighted by Gasteiger charge is -2.62. The molecule has 0 bridgehead atoms. The molecule has 4 fully saturated rings. The summed E-state index contributed by atoms with van der Waals surface area (Å²) in [5, 5.41) is 10.5. The van der Waals surface area contributed by atoms with Gasteiger partial charge < -0.3 is 5.11 Å². The maximum atomic E-state index is 10.5. The van der Waals surface area contributed by atoms with Crippen molar-refractivity contribution in [2.75, 3.05) is 0 Å². The van der Waals surface area contributed by atoms with Gasteiger partial charge >= 0.3 is 0 Å². The molecule has 0 heterocycles. The molecule has 4 aliphatic carbocycles. The molecule has 4 aliphatic rings. The number of aliphatic hydroxyl groups excluding tert-OH is 1. The van der Waals surface area contributed by atoms with Crippen LogP contribution in [0.1, 0.15) is 112 Å². The topological polar surface area (TPSA) is 20.2 Å². The third-order valence-corrected chi connectivity index (χ3v) is 11.4. The molecule has 168 valence electrons. The average Bonchev–Trinajstić information content (AvgIpc) is 3.02. The first kappa shape index (κ1) is 22.2. The van der Waals surface area contributed by atoms with Crippen LogP contribution in [0.25, 0.3) is 0 Å². The lowest BCUT2D eigenvalue weighted by Crippen LogP contribution is -2.56. The lowest BCUT2D eigenvalue weighted by atomic mass is 9.43. The molecular formula is C28H50O. The second-order valence-electron chi connectivity index (χ2n) is 13.1. The highest BCUT2D eigenvalue weighted by Gasteiger charge is 2.61. The summed E-state index contributed by atoms with van der Waals surface area (Å²) in [6.07, 6.45) is 15.4. The number of rotatable bonds is 5. The van der Waals surface area contributed by atoms with Crippen LogP contribution in [-0.2, 0) is 0 Å². The molecule has 0 amide bonds. The van der Waals surface area contributed by atoms with Crippen molar-refractivity contribution in [1.29, 1.82) is 0 Å². The molecule has 1 N–H and O–H groups in total. The summed E-state index contributed by atoms with van der Waals surface area (Å²) in [6.45, 7) is 15.0. The van der Waals surface area contributed by atoms with Gasteiger partial charge in [-0.05, 0) is 110 Å². The van der Waals surface area contributed by atoms with Gasteiger partial charge in [-0.15, -0.1) is 0 Å². The van der Waals surface area contributed by atoms with Crippen LogP contribution in [0.4, 0.5) is 0 Å². The van der Waals surface area contributed by atoms with Gasteiger partial charge in [-0.1, -0.05) is 60.8 Å². The maximum absolute atomic E-state index is 10.5. The molecule has 10 atom stereocenters. The highest BCUT2D eigenvalue weighted by molar-refractivity contribution is 5.10. The van der Waals surface area contributed by atoms with E-state index in [1.807, 2.05) is 0 Å². The summed E-state index contributed by atoms with van der Waals surface area (Å²) in [5.74, 6) is 6.92. The summed E-state index contributed by atoms with van der Waals surface area (Å²) >= 11 is 0. The molecule has 1 nitrogen and oxygen atoms in total. The van der Waals surface area contributed by atoms with Crippen LogP contribution in [0.2, 0.25) is 0 Å². The molecule has 0 radical (unpaired) electrons. The van der Waals surface area contributed by atoms with E-state index in [1.165, 1.54) is 64.2 Å². The van der Waals surface area contributed by atoms with Gasteiger partial charge in [0.15, 0.2) is 0 Å². The SMILES string of the molecule is CC(C)CCC[C@@H](C)[C@H]1CC[C@H]2[C@@H]3CCC4[C@H](C)[C@@H](O)CC[C@]4(C)[C@H]3CC[C@]12C. The van der Waals surface area contributed by atoms with Crippen molar-refractivity contribution in [3.05, 3.63) is 0 Å². The standard InChI is InChI=1S/C28H50O/c1-18(2)8-7-9-19(3)22-12-13-24-21-10-11-23-20(4)26(29)15-17-28(23,6)25(21)14-16-27(22,24)5/h18-26,29H,7-17H2,1-6H3/t19-,20+,21+,22-,23?,24+,25+,26+,27-,28+/m1/s1. The fraction of sp³-hybridized carbons (Fsp3) is 1.00. The zero-order valence-electron chi connectivity index (χ0n) is 20.4. The Kier molecular flexibility index (Phi) is 6.22. The van der Waals surface area contributed by atoms with Gasteiger partial charge in [-0.2, -0.15) is 0 Å². The van der Waals surface area contributed by atoms with Gasteiger partial charge in [0.05, 0.1) is 6.10 Å². The molecule has 0 spiro atoms. The van der Waals surface area contributed by atoms with Crippen molar-refractivity contribution in [1.82, 2.24) is 0 Å². The van der Waals surface area contributed by atoms with Crippen molar-refractivity contribution in [2.24, 2.45) is 58.2 Å². The number of hydrogen-bond acceptors (Lipinski definition) is 1. The quantitative estimate of drug-likeness (QED) is 0.499. The Morgan fingerprint density at radius 2 is 1.45 bits per heavy atom. The Labute approximate surface area is 181 Å². The van der Waals surface area contributed by atoms with Crippen LogP contribution in [0.5, 0.6) is 0 Å². The molecule has 0 aromatic heterocycles. The summed E-state index contributed by atoms with van der Waals surface area (Å²) in [5.41, 5.74) is 1.12. The van der Waals surface area contributed by atoms with Crippen molar-refractivity contribution in [2.45, 2.75) is 118 Å². The first-order chi connectivity index (χ1) is 13.7. The van der Waals surface area contributed by atoms with Crippen LogP contribution < -0.4 is 0 Å². The summed E-state index contributed by atoms with van der Waals surface area (Å²) in [6, 6.07) is 0. The minimum Gasteiger partial charge on any atom is -0.393 e. The Morgan fingerprint density at radius 1 is 0.793 bits per heavy atom. The van der Waals surface area contributed by atoms with E-state index in [4.69, 9.17) is 0 Å². The van der Waals surface area contributed by atoms with Gasteiger partial charge in [0, 0.05) is 0 Å². The van der Waals surface area contributed by atoms with Gasteiger partial charge in [0.1, 0.15) is 0 Å². The third kappa shape index (κ3) is 3.64. The van der Waals surface area contributed by atoms with Crippen LogP contribution in [0.3, 0.4) is 0 Å². The molecule has 0 aliphatic heterocycles. The Hall–Kier alpha value is -0.0400. The fourth-order valence-corrected chi connectivity index (χ4v) is 9.73. The van der Waals surface area contributed by atoms with Crippen molar-refractivity contribution in [3.8, 4) is 0 Å². The Morgan fingerprint density at radius 3 is 2.17 bits per heavy atom. The molecule has 4 saturated carbocycles. The first-order valence-electron chi connectivity index (χ1n) is 13.4. The summed E-state index contributed by atoms with van der Waals surface area (Å²) in [4.78, 5) is 0. The van der Waals surface area contributed by atoms with Crippen molar-refractivity contribution in [3.63, 3.8) is 0 Å². The van der Waals surface area contributed by atoms with E-state index in [0.29, 0.717) is 16.7 Å². The number of aliphatic hydroxyl groups is 1. The first-order valence-corrected chi connectivity index (χ1v) is 13.4. The van der Waals surface area contributed by atoms with E-state index < -0.39 is 0 Å². The second kappa shape index (κ2) is 8.14. The largest absolute Gasteiger partial charge is 0.393 e. The predicted molar refractivity (Wildman–Crippen MR) is 124 cm³/mol. The van der Waals surface area contributed by atoms with E-state index >= 15 is 0 Å². The van der Waals surface area contributed by atoms with Gasteiger partial charge in [-0.3, -0.25) is 0 Å². The zero-order chi connectivity index (χ0) is 21.0. The Bertz CT molecular complexity index is 569. The normalized spacial score (nSPS) is 50.7. The molecule has 1 unspecified atom stereocenters. The van der Waals surface area contributed by atoms with E-state index in [2.05, 4.69) is 41.5 Å². The number of hydrogen-bond donors (Lipinski definition) is 1. The lowest BCUT2D eigenvalue weighted by molar-refractivity contribution is -0.149. The van der Waals surface area contributed by atoms with E-state index in [1.54, 1.807) is 0 Å². The molecule has 29 heavy (non-hydrogen) atoms. The zero-order valence-corrected chi connectivity index (χ0v) is 20.4. The van der Waals surface area contributed by atoms with Crippen LogP contribution in [-0.4, -0.2) is 11.2 Å². The van der Waals surface area contributed by atoms with Gasteiger partial charge in [0.25, 0.3) is 0 Å². The van der Waals surface area contributed by atoms with Crippen molar-refractivity contribution < 1.29 is 5.11 Å². The van der Waals surface area contributed by atoms with Crippen LogP contribution in [0.15, 0.2) is 0 Å². The number of fused-ring (bicyclic) bond motifs is 5. The third-order valence-electron chi connectivity index (χ3n) is 11.4. The molecule has 0 aromatic rings. The molecular weight excluding hydrogens is 352 g/mol. The molecule has 0 aromatic carbocycles. The summed E-state index contributed by atoms with van der Waals surface area (Å²) in [7, 11) is 0. The van der Waals surface area contributed by atoms with E-state index in [9.17, 15) is 5.11 Å². The smallest absolute Gasteiger partial charge is 0.0568 e. The minimum absolute atomic E-state index is 0.0407. The highest BCUT2D eigenvalue weighted by Crippen LogP contribution is 2.68.